The number of hydrogen-bond acceptors (Lipinski definition) is 2. The lowest BCUT2D eigenvalue weighted by molar-refractivity contribution is -0.175. The van der Waals surface area contributed by atoms with E-state index in [4.69, 9.17) is 4.74 Å². The van der Waals surface area contributed by atoms with Crippen molar-refractivity contribution in [1.29, 1.82) is 0 Å². The molecular formula is C10H9BrF4O2. The number of halogens is 5. The van der Waals surface area contributed by atoms with Gasteiger partial charge in [-0.3, -0.25) is 0 Å². The average molecular weight is 317 g/mol. The maximum absolute atomic E-state index is 12.8. The molecular weight excluding hydrogens is 308 g/mol. The molecule has 0 unspecified atom stereocenters. The first-order valence-electron chi connectivity index (χ1n) is 4.61. The number of rotatable bonds is 5. The largest absolute Gasteiger partial charge is 0.491 e. The Morgan fingerprint density at radius 1 is 1.18 bits per heavy atom. The first-order chi connectivity index (χ1) is 7.88. The van der Waals surface area contributed by atoms with Crippen molar-refractivity contribution in [2.24, 2.45) is 0 Å². The van der Waals surface area contributed by atoms with Crippen molar-refractivity contribution in [3.8, 4) is 5.75 Å². The Kier molecular flexibility index (Phi) is 5.20. The summed E-state index contributed by atoms with van der Waals surface area (Å²) in [4.78, 5) is 0. The second kappa shape index (κ2) is 6.20. The summed E-state index contributed by atoms with van der Waals surface area (Å²) in [6.07, 6.45) is -4.33. The minimum atomic E-state index is -4.33. The molecule has 0 atom stereocenters. The van der Waals surface area contributed by atoms with Crippen LogP contribution in [-0.4, -0.2) is 26.0 Å². The molecule has 0 aliphatic heterocycles. The topological polar surface area (TPSA) is 18.5 Å². The molecule has 0 aliphatic carbocycles. The van der Waals surface area contributed by atoms with Crippen LogP contribution in [0.15, 0.2) is 22.7 Å². The lowest BCUT2D eigenvalue weighted by atomic mass is 10.3. The van der Waals surface area contributed by atoms with Crippen LogP contribution in [0.2, 0.25) is 0 Å². The Hall–Kier alpha value is -0.820. The summed E-state index contributed by atoms with van der Waals surface area (Å²) in [7, 11) is 0. The van der Waals surface area contributed by atoms with Gasteiger partial charge >= 0.3 is 6.18 Å². The number of ether oxygens (including phenoxy) is 2. The molecule has 0 bridgehead atoms. The summed E-state index contributed by atoms with van der Waals surface area (Å²) < 4.78 is 57.5. The third-order valence-corrected chi connectivity index (χ3v) is 2.26. The second-order valence-corrected chi connectivity index (χ2v) is 3.95. The van der Waals surface area contributed by atoms with Crippen LogP contribution >= 0.6 is 15.9 Å². The van der Waals surface area contributed by atoms with E-state index in [0.29, 0.717) is 5.75 Å². The van der Waals surface area contributed by atoms with E-state index in [-0.39, 0.29) is 17.7 Å². The summed E-state index contributed by atoms with van der Waals surface area (Å²) in [5.74, 6) is -0.0837. The first kappa shape index (κ1) is 14.2. The minimum Gasteiger partial charge on any atom is -0.491 e. The van der Waals surface area contributed by atoms with Crippen molar-refractivity contribution in [2.45, 2.75) is 6.18 Å². The van der Waals surface area contributed by atoms with E-state index >= 15 is 0 Å². The van der Waals surface area contributed by atoms with E-state index in [1.54, 1.807) is 0 Å². The van der Waals surface area contributed by atoms with Crippen molar-refractivity contribution >= 4 is 15.9 Å². The Morgan fingerprint density at radius 3 is 2.47 bits per heavy atom. The fourth-order valence-corrected chi connectivity index (χ4v) is 1.33. The maximum atomic E-state index is 12.8. The predicted octanol–water partition coefficient (Wildman–Crippen LogP) is 3.55. The molecule has 2 nitrogen and oxygen atoms in total. The fraction of sp³-hybridized carbons (Fsp3) is 0.400. The molecule has 0 aromatic heterocycles. The van der Waals surface area contributed by atoms with Crippen molar-refractivity contribution in [2.75, 3.05) is 19.8 Å². The second-order valence-electron chi connectivity index (χ2n) is 3.09. The Bertz CT molecular complexity index is 368. The van der Waals surface area contributed by atoms with Crippen LogP contribution in [0.25, 0.3) is 0 Å². The average Bonchev–Trinajstić information content (AvgIpc) is 2.21. The normalized spacial score (nSPS) is 11.6. The number of benzene rings is 1. The molecule has 0 saturated heterocycles. The molecule has 0 spiro atoms. The summed E-state index contributed by atoms with van der Waals surface area (Å²) in [6.45, 7) is -1.52. The summed E-state index contributed by atoms with van der Waals surface area (Å²) in [5.41, 5.74) is 0. The van der Waals surface area contributed by atoms with Crippen molar-refractivity contribution in [3.05, 3.63) is 28.5 Å². The van der Waals surface area contributed by atoms with Gasteiger partial charge in [-0.1, -0.05) is 0 Å². The molecule has 0 aliphatic rings. The number of alkyl halides is 3. The van der Waals surface area contributed by atoms with Gasteiger partial charge in [0, 0.05) is 0 Å². The van der Waals surface area contributed by atoms with Gasteiger partial charge in [-0.2, -0.15) is 13.2 Å². The van der Waals surface area contributed by atoms with E-state index in [9.17, 15) is 17.6 Å². The van der Waals surface area contributed by atoms with Gasteiger partial charge in [0.15, 0.2) is 0 Å². The Labute approximate surface area is 104 Å². The molecule has 0 saturated carbocycles. The van der Waals surface area contributed by atoms with Gasteiger partial charge in [0.1, 0.15) is 24.8 Å². The quantitative estimate of drug-likeness (QED) is 0.611. The molecule has 1 aromatic rings. The molecule has 0 N–H and O–H groups in total. The van der Waals surface area contributed by atoms with Gasteiger partial charge in [0.2, 0.25) is 0 Å². The van der Waals surface area contributed by atoms with Crippen LogP contribution < -0.4 is 4.74 Å². The highest BCUT2D eigenvalue weighted by molar-refractivity contribution is 9.10. The molecule has 1 rings (SSSR count). The zero-order chi connectivity index (χ0) is 12.9. The summed E-state index contributed by atoms with van der Waals surface area (Å²) in [5, 5.41) is 0. The van der Waals surface area contributed by atoms with Crippen LogP contribution in [0.3, 0.4) is 0 Å². The van der Waals surface area contributed by atoms with Crippen molar-refractivity contribution < 1.29 is 27.0 Å². The standard InChI is InChI=1S/C10H9BrF4O2/c11-8-5-7(1-2-9(8)12)17-4-3-16-6-10(13,14)15/h1-2,5H,3-4,6H2. The van der Waals surface area contributed by atoms with Gasteiger partial charge in [-0.15, -0.1) is 0 Å². The zero-order valence-corrected chi connectivity index (χ0v) is 10.1. The molecule has 0 heterocycles. The van der Waals surface area contributed by atoms with E-state index < -0.39 is 18.6 Å². The highest BCUT2D eigenvalue weighted by Gasteiger charge is 2.27. The van der Waals surface area contributed by atoms with Crippen molar-refractivity contribution in [1.82, 2.24) is 0 Å². The maximum Gasteiger partial charge on any atom is 0.411 e. The van der Waals surface area contributed by atoms with Crippen LogP contribution in [-0.2, 0) is 4.74 Å². The molecule has 0 fully saturated rings. The highest BCUT2D eigenvalue weighted by atomic mass is 79.9. The first-order valence-corrected chi connectivity index (χ1v) is 5.40. The number of hydrogen-bond donors (Lipinski definition) is 0. The van der Waals surface area contributed by atoms with E-state index in [2.05, 4.69) is 20.7 Å². The van der Waals surface area contributed by atoms with Crippen LogP contribution in [0.5, 0.6) is 5.75 Å². The summed E-state index contributed by atoms with van der Waals surface area (Å²) in [6, 6.07) is 3.96. The SMILES string of the molecule is Fc1ccc(OCCOCC(F)(F)F)cc1Br. The van der Waals surface area contributed by atoms with Crippen LogP contribution in [0, 0.1) is 5.82 Å². The lowest BCUT2D eigenvalue weighted by Gasteiger charge is -2.09. The van der Waals surface area contributed by atoms with Gasteiger partial charge in [0.25, 0.3) is 0 Å². The van der Waals surface area contributed by atoms with Gasteiger partial charge in [-0.25, -0.2) is 4.39 Å². The van der Waals surface area contributed by atoms with Gasteiger partial charge in [-0.05, 0) is 34.1 Å². The molecule has 0 amide bonds. The summed E-state index contributed by atoms with van der Waals surface area (Å²) >= 11 is 2.96. The minimum absolute atomic E-state index is 0.0336. The molecule has 7 heteroatoms. The van der Waals surface area contributed by atoms with Crippen molar-refractivity contribution in [3.63, 3.8) is 0 Å². The van der Waals surface area contributed by atoms with Gasteiger partial charge in [0.05, 0.1) is 11.1 Å². The van der Waals surface area contributed by atoms with E-state index in [1.165, 1.54) is 18.2 Å². The highest BCUT2D eigenvalue weighted by Crippen LogP contribution is 2.21. The van der Waals surface area contributed by atoms with Crippen LogP contribution in [0.4, 0.5) is 17.6 Å². The third kappa shape index (κ3) is 5.88. The molecule has 1 aromatic carbocycles. The van der Waals surface area contributed by atoms with E-state index in [1.807, 2.05) is 0 Å². The van der Waals surface area contributed by atoms with Gasteiger partial charge < -0.3 is 9.47 Å². The molecule has 17 heavy (non-hydrogen) atoms. The fourth-order valence-electron chi connectivity index (χ4n) is 0.973. The predicted molar refractivity (Wildman–Crippen MR) is 56.5 cm³/mol. The molecule has 96 valence electrons. The third-order valence-electron chi connectivity index (χ3n) is 1.65. The van der Waals surface area contributed by atoms with Crippen LogP contribution in [0.1, 0.15) is 0 Å². The Balaban J connectivity index is 2.25. The Morgan fingerprint density at radius 2 is 1.88 bits per heavy atom. The smallest absolute Gasteiger partial charge is 0.411 e. The zero-order valence-electron chi connectivity index (χ0n) is 8.56. The lowest BCUT2D eigenvalue weighted by Crippen LogP contribution is -2.19. The van der Waals surface area contributed by atoms with E-state index in [0.717, 1.165) is 0 Å². The molecule has 0 radical (unpaired) electrons. The monoisotopic (exact) mass is 316 g/mol.